The first-order valence-corrected chi connectivity index (χ1v) is 5.64. The van der Waals surface area contributed by atoms with Crippen molar-refractivity contribution in [1.82, 2.24) is 15.2 Å². The lowest BCUT2D eigenvalue weighted by atomic mass is 10.1. The molecule has 90 valence electrons. The number of hydrogen-bond acceptors (Lipinski definition) is 3. The predicted octanol–water partition coefficient (Wildman–Crippen LogP) is 1.37. The lowest BCUT2D eigenvalue weighted by molar-refractivity contribution is -0.121. The zero-order valence-electron chi connectivity index (χ0n) is 9.76. The summed E-state index contributed by atoms with van der Waals surface area (Å²) in [6, 6.07) is 8.20. The quantitative estimate of drug-likeness (QED) is 0.475. The van der Waals surface area contributed by atoms with Gasteiger partial charge in [-0.05, 0) is 19.4 Å². The first-order chi connectivity index (χ1) is 8.22. The SMILES string of the molecule is CC(CCC(=O)NN)n1ncc2ccccc21. The maximum atomic E-state index is 11.1. The van der Waals surface area contributed by atoms with Crippen LogP contribution in [-0.4, -0.2) is 15.7 Å². The van der Waals surface area contributed by atoms with Crippen LogP contribution in [0.15, 0.2) is 30.5 Å². The molecule has 17 heavy (non-hydrogen) atoms. The third-order valence-electron chi connectivity index (χ3n) is 2.87. The Morgan fingerprint density at radius 1 is 1.53 bits per heavy atom. The number of rotatable bonds is 4. The Bertz CT molecular complexity index is 520. The fourth-order valence-electron chi connectivity index (χ4n) is 1.88. The average molecular weight is 232 g/mol. The molecule has 0 bridgehead atoms. The van der Waals surface area contributed by atoms with Gasteiger partial charge in [0.1, 0.15) is 0 Å². The summed E-state index contributed by atoms with van der Waals surface area (Å²) in [6.45, 7) is 2.04. The van der Waals surface area contributed by atoms with Crippen LogP contribution in [0.3, 0.4) is 0 Å². The molecular formula is C12H16N4O. The third kappa shape index (κ3) is 2.45. The first kappa shape index (κ1) is 11.6. The van der Waals surface area contributed by atoms with Gasteiger partial charge in [0, 0.05) is 11.8 Å². The maximum absolute atomic E-state index is 11.1. The predicted molar refractivity (Wildman–Crippen MR) is 66.0 cm³/mol. The van der Waals surface area contributed by atoms with Gasteiger partial charge in [-0.3, -0.25) is 14.9 Å². The van der Waals surface area contributed by atoms with Crippen molar-refractivity contribution in [2.24, 2.45) is 5.84 Å². The van der Waals surface area contributed by atoms with Gasteiger partial charge in [-0.25, -0.2) is 5.84 Å². The summed E-state index contributed by atoms with van der Waals surface area (Å²) in [6.07, 6.45) is 2.97. The smallest absolute Gasteiger partial charge is 0.233 e. The van der Waals surface area contributed by atoms with Crippen molar-refractivity contribution >= 4 is 16.8 Å². The van der Waals surface area contributed by atoms with Crippen molar-refractivity contribution in [3.05, 3.63) is 30.5 Å². The van der Waals surface area contributed by atoms with Crippen molar-refractivity contribution in [1.29, 1.82) is 0 Å². The number of benzene rings is 1. The number of amides is 1. The first-order valence-electron chi connectivity index (χ1n) is 5.64. The highest BCUT2D eigenvalue weighted by Crippen LogP contribution is 2.20. The maximum Gasteiger partial charge on any atom is 0.233 e. The fourth-order valence-corrected chi connectivity index (χ4v) is 1.88. The monoisotopic (exact) mass is 232 g/mol. The van der Waals surface area contributed by atoms with Crippen molar-refractivity contribution < 1.29 is 4.79 Å². The van der Waals surface area contributed by atoms with Gasteiger partial charge in [0.05, 0.1) is 17.8 Å². The molecule has 0 aliphatic carbocycles. The normalized spacial score (nSPS) is 12.6. The summed E-state index contributed by atoms with van der Waals surface area (Å²) >= 11 is 0. The Morgan fingerprint density at radius 3 is 3.06 bits per heavy atom. The lowest BCUT2D eigenvalue weighted by Crippen LogP contribution is -2.30. The van der Waals surface area contributed by atoms with Crippen molar-refractivity contribution in [3.63, 3.8) is 0 Å². The highest BCUT2D eigenvalue weighted by Gasteiger charge is 2.10. The second-order valence-corrected chi connectivity index (χ2v) is 4.10. The molecule has 2 aromatic rings. The van der Waals surface area contributed by atoms with Crippen LogP contribution in [0.5, 0.6) is 0 Å². The number of aromatic nitrogens is 2. The molecule has 1 unspecified atom stereocenters. The van der Waals surface area contributed by atoms with E-state index < -0.39 is 0 Å². The molecule has 0 spiro atoms. The van der Waals surface area contributed by atoms with E-state index in [9.17, 15) is 4.79 Å². The Kier molecular flexibility index (Phi) is 3.39. The Hall–Kier alpha value is -1.88. The number of fused-ring (bicyclic) bond motifs is 1. The second kappa shape index (κ2) is 4.97. The van der Waals surface area contributed by atoms with E-state index in [4.69, 9.17) is 5.84 Å². The van der Waals surface area contributed by atoms with E-state index in [1.54, 1.807) is 0 Å². The molecule has 1 amide bonds. The van der Waals surface area contributed by atoms with Gasteiger partial charge in [-0.1, -0.05) is 18.2 Å². The number of nitrogens with two attached hydrogens (primary N) is 1. The summed E-state index contributed by atoms with van der Waals surface area (Å²) in [7, 11) is 0. The van der Waals surface area contributed by atoms with E-state index >= 15 is 0 Å². The summed E-state index contributed by atoms with van der Waals surface area (Å²) < 4.78 is 1.94. The topological polar surface area (TPSA) is 72.9 Å². The molecule has 1 atom stereocenters. The van der Waals surface area contributed by atoms with Crippen molar-refractivity contribution in [2.45, 2.75) is 25.8 Å². The molecule has 3 N–H and O–H groups in total. The Morgan fingerprint density at radius 2 is 2.29 bits per heavy atom. The van der Waals surface area contributed by atoms with Crippen molar-refractivity contribution in [3.8, 4) is 0 Å². The molecule has 1 aromatic heterocycles. The largest absolute Gasteiger partial charge is 0.294 e. The number of para-hydroxylation sites is 1. The van der Waals surface area contributed by atoms with Crippen LogP contribution in [0.1, 0.15) is 25.8 Å². The van der Waals surface area contributed by atoms with Crippen LogP contribution >= 0.6 is 0 Å². The fraction of sp³-hybridized carbons (Fsp3) is 0.333. The highest BCUT2D eigenvalue weighted by atomic mass is 16.2. The van der Waals surface area contributed by atoms with Gasteiger partial charge >= 0.3 is 0 Å². The second-order valence-electron chi connectivity index (χ2n) is 4.10. The Labute approximate surface area is 99.6 Å². The zero-order valence-corrected chi connectivity index (χ0v) is 9.76. The van der Waals surface area contributed by atoms with Crippen LogP contribution < -0.4 is 11.3 Å². The van der Waals surface area contributed by atoms with Crippen LogP contribution in [-0.2, 0) is 4.79 Å². The minimum Gasteiger partial charge on any atom is -0.294 e. The summed E-state index contributed by atoms with van der Waals surface area (Å²) in [5, 5.41) is 5.47. The molecule has 0 fully saturated rings. The van der Waals surface area contributed by atoms with Gasteiger partial charge in [0.15, 0.2) is 0 Å². The summed E-state index contributed by atoms with van der Waals surface area (Å²) in [4.78, 5) is 11.1. The third-order valence-corrected chi connectivity index (χ3v) is 2.87. The summed E-state index contributed by atoms with van der Waals surface area (Å²) in [5.74, 6) is 4.90. The summed E-state index contributed by atoms with van der Waals surface area (Å²) in [5.41, 5.74) is 3.23. The van der Waals surface area contributed by atoms with Crippen LogP contribution in [0.4, 0.5) is 0 Å². The van der Waals surface area contributed by atoms with E-state index in [1.807, 2.05) is 42.1 Å². The van der Waals surface area contributed by atoms with E-state index in [0.29, 0.717) is 12.8 Å². The minimum atomic E-state index is -0.145. The average Bonchev–Trinajstić information content (AvgIpc) is 2.79. The molecule has 0 aliphatic heterocycles. The Balaban J connectivity index is 2.13. The standard InChI is InChI=1S/C12H16N4O/c1-9(6-7-12(17)15-13)16-11-5-3-2-4-10(11)8-14-16/h2-5,8-9H,6-7,13H2,1H3,(H,15,17). The number of carbonyl (C=O) groups excluding carboxylic acids is 1. The molecule has 0 saturated carbocycles. The van der Waals surface area contributed by atoms with Crippen LogP contribution in [0.25, 0.3) is 10.9 Å². The molecule has 0 aliphatic rings. The van der Waals surface area contributed by atoms with Gasteiger partial charge in [-0.15, -0.1) is 0 Å². The van der Waals surface area contributed by atoms with Crippen molar-refractivity contribution in [2.75, 3.05) is 0 Å². The van der Waals surface area contributed by atoms with E-state index in [0.717, 1.165) is 10.9 Å². The van der Waals surface area contributed by atoms with Gasteiger partial charge in [0.2, 0.25) is 5.91 Å². The number of nitrogens with one attached hydrogen (secondary N) is 1. The van der Waals surface area contributed by atoms with Crippen LogP contribution in [0, 0.1) is 0 Å². The number of nitrogens with zero attached hydrogens (tertiary/aromatic N) is 2. The number of hydrazine groups is 1. The van der Waals surface area contributed by atoms with Gasteiger partial charge in [0.25, 0.3) is 0 Å². The van der Waals surface area contributed by atoms with E-state index in [2.05, 4.69) is 10.5 Å². The number of carbonyl (C=O) groups is 1. The van der Waals surface area contributed by atoms with E-state index in [1.165, 1.54) is 0 Å². The molecule has 5 nitrogen and oxygen atoms in total. The number of hydrogen-bond donors (Lipinski definition) is 2. The zero-order chi connectivity index (χ0) is 12.3. The molecule has 1 aromatic carbocycles. The lowest BCUT2D eigenvalue weighted by Gasteiger charge is -2.12. The minimum absolute atomic E-state index is 0.145. The molecule has 2 rings (SSSR count). The molecule has 1 heterocycles. The molecule has 5 heteroatoms. The van der Waals surface area contributed by atoms with Gasteiger partial charge < -0.3 is 0 Å². The van der Waals surface area contributed by atoms with E-state index in [-0.39, 0.29) is 11.9 Å². The molecule has 0 radical (unpaired) electrons. The molecule has 0 saturated heterocycles. The molecular weight excluding hydrogens is 216 g/mol. The van der Waals surface area contributed by atoms with Gasteiger partial charge in [-0.2, -0.15) is 5.10 Å². The van der Waals surface area contributed by atoms with Crippen LogP contribution in [0.2, 0.25) is 0 Å². The highest BCUT2D eigenvalue weighted by molar-refractivity contribution is 5.78.